The van der Waals surface area contributed by atoms with E-state index < -0.39 is 17.6 Å². The number of para-hydroxylation sites is 1. The van der Waals surface area contributed by atoms with Gasteiger partial charge in [0.15, 0.2) is 0 Å². The van der Waals surface area contributed by atoms with Gasteiger partial charge in [-0.1, -0.05) is 17.3 Å². The van der Waals surface area contributed by atoms with E-state index in [2.05, 4.69) is 21.2 Å². The molecule has 130 valence electrons. The molecule has 2 N–H and O–H groups in total. The fraction of sp³-hybridized carbons (Fsp3) is 0.188. The Morgan fingerprint density at radius 3 is 2.68 bits per heavy atom. The van der Waals surface area contributed by atoms with Gasteiger partial charge in [-0.25, -0.2) is 4.68 Å². The van der Waals surface area contributed by atoms with Gasteiger partial charge in [0.05, 0.1) is 16.8 Å². The van der Waals surface area contributed by atoms with Gasteiger partial charge in [-0.15, -0.1) is 5.10 Å². The molecule has 0 unspecified atom stereocenters. The fourth-order valence-corrected chi connectivity index (χ4v) is 2.38. The molecule has 0 spiro atoms. The first-order valence-corrected chi connectivity index (χ1v) is 7.46. The maximum absolute atomic E-state index is 12.9. The zero-order valence-electron chi connectivity index (χ0n) is 13.1. The van der Waals surface area contributed by atoms with Crippen molar-refractivity contribution in [2.45, 2.75) is 19.6 Å². The Balaban J connectivity index is 1.77. The van der Waals surface area contributed by atoms with Gasteiger partial charge in [0.25, 0.3) is 5.91 Å². The summed E-state index contributed by atoms with van der Waals surface area (Å²) in [6, 6.07) is 9.67. The van der Waals surface area contributed by atoms with Crippen LogP contribution in [0, 0.1) is 0 Å². The average Bonchev–Trinajstić information content (AvgIpc) is 3.01. The predicted octanol–water partition coefficient (Wildman–Crippen LogP) is 3.23. The number of alkyl halides is 3. The summed E-state index contributed by atoms with van der Waals surface area (Å²) in [7, 11) is 0. The Morgan fingerprint density at radius 1 is 1.20 bits per heavy atom. The first-order valence-electron chi connectivity index (χ1n) is 7.46. The van der Waals surface area contributed by atoms with Crippen molar-refractivity contribution in [3.63, 3.8) is 0 Å². The Morgan fingerprint density at radius 2 is 1.96 bits per heavy atom. The minimum absolute atomic E-state index is 0.235. The van der Waals surface area contributed by atoms with E-state index in [0.29, 0.717) is 12.1 Å². The number of carbonyl (C=O) groups is 1. The quantitative estimate of drug-likeness (QED) is 0.710. The molecule has 0 saturated carbocycles. The van der Waals surface area contributed by atoms with Crippen LogP contribution in [0.4, 0.5) is 18.9 Å². The Kier molecular flexibility index (Phi) is 4.30. The molecule has 1 aromatic heterocycles. The second-order valence-corrected chi connectivity index (χ2v) is 5.23. The molecule has 0 aliphatic heterocycles. The van der Waals surface area contributed by atoms with Crippen LogP contribution in [0.3, 0.4) is 0 Å². The van der Waals surface area contributed by atoms with Crippen molar-refractivity contribution in [3.8, 4) is 0 Å². The number of aromatic nitrogens is 3. The Labute approximate surface area is 140 Å². The van der Waals surface area contributed by atoms with Gasteiger partial charge in [-0.05, 0) is 37.3 Å². The monoisotopic (exact) mass is 349 g/mol. The average molecular weight is 349 g/mol. The van der Waals surface area contributed by atoms with Crippen molar-refractivity contribution in [2.75, 3.05) is 5.43 Å². The molecule has 0 aliphatic rings. The van der Waals surface area contributed by atoms with E-state index >= 15 is 0 Å². The van der Waals surface area contributed by atoms with Gasteiger partial charge in [0, 0.05) is 12.1 Å². The number of rotatable bonds is 4. The Hall–Kier alpha value is -3.10. The third-order valence-corrected chi connectivity index (χ3v) is 3.62. The fourth-order valence-electron chi connectivity index (χ4n) is 2.38. The van der Waals surface area contributed by atoms with Crippen LogP contribution in [-0.2, 0) is 12.7 Å². The second-order valence-electron chi connectivity index (χ2n) is 5.23. The molecule has 0 radical (unpaired) electrons. The summed E-state index contributed by atoms with van der Waals surface area (Å²) in [5.74, 6) is -0.579. The minimum Gasteiger partial charge on any atom is -0.298 e. The van der Waals surface area contributed by atoms with Gasteiger partial charge in [0.2, 0.25) is 0 Å². The summed E-state index contributed by atoms with van der Waals surface area (Å²) in [5.41, 5.74) is 5.05. The van der Waals surface area contributed by atoms with Crippen molar-refractivity contribution >= 4 is 22.6 Å². The number of halogens is 3. The lowest BCUT2D eigenvalue weighted by atomic mass is 10.1. The molecule has 1 heterocycles. The van der Waals surface area contributed by atoms with Gasteiger partial charge < -0.3 is 0 Å². The molecule has 0 fully saturated rings. The van der Waals surface area contributed by atoms with E-state index in [-0.39, 0.29) is 11.3 Å². The van der Waals surface area contributed by atoms with Crippen molar-refractivity contribution in [3.05, 3.63) is 53.6 Å². The molecule has 0 saturated heterocycles. The molecule has 6 nitrogen and oxygen atoms in total. The van der Waals surface area contributed by atoms with Crippen LogP contribution >= 0.6 is 0 Å². The number of anilines is 1. The second kappa shape index (κ2) is 6.42. The number of nitrogens with one attached hydrogen (secondary N) is 2. The highest BCUT2D eigenvalue weighted by molar-refractivity contribution is 5.97. The van der Waals surface area contributed by atoms with Crippen molar-refractivity contribution in [1.29, 1.82) is 0 Å². The third-order valence-electron chi connectivity index (χ3n) is 3.62. The molecule has 3 rings (SSSR count). The van der Waals surface area contributed by atoms with Crippen LogP contribution in [0.25, 0.3) is 11.0 Å². The van der Waals surface area contributed by atoms with Crippen molar-refractivity contribution in [1.82, 2.24) is 20.4 Å². The topological polar surface area (TPSA) is 71.8 Å². The van der Waals surface area contributed by atoms with E-state index in [1.54, 1.807) is 16.8 Å². The summed E-state index contributed by atoms with van der Waals surface area (Å²) in [6.07, 6.45) is -4.52. The first kappa shape index (κ1) is 16.7. The standard InChI is InChI=1S/C16H14F3N5O/c1-2-24-14-8-7-10(9-13(14)21-23-24)15(25)22-20-12-6-4-3-5-11(12)16(17,18)19/h3-9,20H,2H2,1H3,(H,22,25). The number of fused-ring (bicyclic) bond motifs is 1. The number of hydrazine groups is 1. The van der Waals surface area contributed by atoms with Gasteiger partial charge in [-0.2, -0.15) is 13.2 Å². The van der Waals surface area contributed by atoms with E-state index in [4.69, 9.17) is 0 Å². The highest BCUT2D eigenvalue weighted by atomic mass is 19.4. The first-order chi connectivity index (χ1) is 11.9. The zero-order chi connectivity index (χ0) is 18.0. The third kappa shape index (κ3) is 3.39. The smallest absolute Gasteiger partial charge is 0.298 e. The molecule has 0 aliphatic carbocycles. The van der Waals surface area contributed by atoms with Gasteiger partial charge in [0.1, 0.15) is 5.52 Å². The molecule has 3 aromatic rings. The molecular weight excluding hydrogens is 335 g/mol. The molecular formula is C16H14F3N5O. The van der Waals surface area contributed by atoms with Gasteiger partial charge in [-0.3, -0.25) is 15.6 Å². The van der Waals surface area contributed by atoms with Crippen LogP contribution in [-0.4, -0.2) is 20.9 Å². The number of hydrogen-bond acceptors (Lipinski definition) is 4. The Bertz CT molecular complexity index is 920. The molecule has 0 atom stereocenters. The van der Waals surface area contributed by atoms with E-state index in [0.717, 1.165) is 11.6 Å². The lowest BCUT2D eigenvalue weighted by Crippen LogP contribution is -2.30. The number of benzene rings is 2. The summed E-state index contributed by atoms with van der Waals surface area (Å²) < 4.78 is 40.5. The highest BCUT2D eigenvalue weighted by Gasteiger charge is 2.33. The van der Waals surface area contributed by atoms with Crippen LogP contribution in [0.15, 0.2) is 42.5 Å². The SMILES string of the molecule is CCn1nnc2cc(C(=O)NNc3ccccc3C(F)(F)F)ccc21. The van der Waals surface area contributed by atoms with Crippen LogP contribution < -0.4 is 10.9 Å². The lowest BCUT2D eigenvalue weighted by molar-refractivity contribution is -0.137. The number of amides is 1. The van der Waals surface area contributed by atoms with Gasteiger partial charge >= 0.3 is 6.18 Å². The minimum atomic E-state index is -4.52. The molecule has 2 aromatic carbocycles. The largest absolute Gasteiger partial charge is 0.418 e. The number of aryl methyl sites for hydroxylation is 1. The van der Waals surface area contributed by atoms with Crippen LogP contribution in [0.5, 0.6) is 0 Å². The van der Waals surface area contributed by atoms with E-state index in [9.17, 15) is 18.0 Å². The summed E-state index contributed by atoms with van der Waals surface area (Å²) in [5, 5.41) is 7.90. The van der Waals surface area contributed by atoms with Crippen molar-refractivity contribution < 1.29 is 18.0 Å². The molecule has 25 heavy (non-hydrogen) atoms. The summed E-state index contributed by atoms with van der Waals surface area (Å²) >= 11 is 0. The maximum atomic E-state index is 12.9. The zero-order valence-corrected chi connectivity index (χ0v) is 13.1. The summed E-state index contributed by atoms with van der Waals surface area (Å²) in [4.78, 5) is 12.2. The lowest BCUT2D eigenvalue weighted by Gasteiger charge is -2.14. The van der Waals surface area contributed by atoms with Crippen molar-refractivity contribution in [2.24, 2.45) is 0 Å². The molecule has 0 bridgehead atoms. The highest BCUT2D eigenvalue weighted by Crippen LogP contribution is 2.34. The normalized spacial score (nSPS) is 11.5. The van der Waals surface area contributed by atoms with Crippen LogP contribution in [0.1, 0.15) is 22.8 Å². The summed E-state index contributed by atoms with van der Waals surface area (Å²) in [6.45, 7) is 2.55. The van der Waals surface area contributed by atoms with Crippen LogP contribution in [0.2, 0.25) is 0 Å². The van der Waals surface area contributed by atoms with E-state index in [1.807, 2.05) is 6.92 Å². The number of nitrogens with zero attached hydrogens (tertiary/aromatic N) is 3. The number of hydrogen-bond donors (Lipinski definition) is 2. The van der Waals surface area contributed by atoms with E-state index in [1.165, 1.54) is 24.3 Å². The maximum Gasteiger partial charge on any atom is 0.418 e. The predicted molar refractivity (Wildman–Crippen MR) is 85.7 cm³/mol. The number of carbonyl (C=O) groups excluding carboxylic acids is 1. The molecule has 1 amide bonds. The molecule has 9 heteroatoms.